The average molecular weight is 581 g/mol. The molecular weight excluding hydrogens is 528 g/mol. The summed E-state index contributed by atoms with van der Waals surface area (Å²) in [6, 6.07) is -1.66. The molecule has 2 saturated heterocycles. The predicted molar refractivity (Wildman–Crippen MR) is 156 cm³/mol. The molecule has 0 bridgehead atoms. The highest BCUT2D eigenvalue weighted by atomic mass is 16.4. The van der Waals surface area contributed by atoms with E-state index in [1.807, 2.05) is 4.90 Å². The van der Waals surface area contributed by atoms with Crippen molar-refractivity contribution >= 4 is 29.6 Å². The third kappa shape index (κ3) is 12.4. The Balaban J connectivity index is 1.67. The summed E-state index contributed by atoms with van der Waals surface area (Å²) in [7, 11) is 1.50. The van der Waals surface area contributed by atoms with Crippen molar-refractivity contribution in [3.8, 4) is 0 Å². The molecule has 12 heteroatoms. The van der Waals surface area contributed by atoms with Gasteiger partial charge in [-0.15, -0.1) is 0 Å². The first-order valence-corrected chi connectivity index (χ1v) is 15.5. The SMILES string of the molecule is CN1C(=O)CN([C@@H](CCCCN)C(=O)NCCCCCCCCCCC(=O)N2CCNCC2)C(=O)[C@@H]1CCC(=O)O. The van der Waals surface area contributed by atoms with Crippen molar-refractivity contribution < 1.29 is 29.1 Å². The number of nitrogens with zero attached hydrogens (tertiary/aromatic N) is 3. The third-order valence-corrected chi connectivity index (χ3v) is 8.06. The van der Waals surface area contributed by atoms with E-state index in [9.17, 15) is 24.0 Å². The van der Waals surface area contributed by atoms with E-state index in [0.717, 1.165) is 77.5 Å². The average Bonchev–Trinajstić information content (AvgIpc) is 2.96. The summed E-state index contributed by atoms with van der Waals surface area (Å²) in [4.78, 5) is 66.8. The molecule has 4 amide bonds. The van der Waals surface area contributed by atoms with Crippen molar-refractivity contribution in [2.24, 2.45) is 5.73 Å². The lowest BCUT2D eigenvalue weighted by Crippen LogP contribution is -2.63. The van der Waals surface area contributed by atoms with Gasteiger partial charge in [0.05, 0.1) is 0 Å². The van der Waals surface area contributed by atoms with Gasteiger partial charge in [-0.25, -0.2) is 0 Å². The molecule has 2 rings (SSSR count). The summed E-state index contributed by atoms with van der Waals surface area (Å²) in [6.45, 7) is 4.19. The van der Waals surface area contributed by atoms with Crippen LogP contribution in [-0.2, 0) is 24.0 Å². The molecule has 2 atom stereocenters. The molecule has 0 spiro atoms. The topological polar surface area (TPSA) is 165 Å². The van der Waals surface area contributed by atoms with Crippen LogP contribution in [0.1, 0.15) is 89.9 Å². The van der Waals surface area contributed by atoms with Crippen LogP contribution in [0.4, 0.5) is 0 Å². The van der Waals surface area contributed by atoms with E-state index in [1.54, 1.807) is 0 Å². The van der Waals surface area contributed by atoms with Gasteiger partial charge in [0.15, 0.2) is 0 Å². The number of amides is 4. The first kappa shape index (κ1) is 34.5. The Kier molecular flexibility index (Phi) is 16.3. The van der Waals surface area contributed by atoms with Gasteiger partial charge in [0, 0.05) is 52.6 Å². The van der Waals surface area contributed by atoms with Crippen LogP contribution < -0.4 is 16.4 Å². The second-order valence-corrected chi connectivity index (χ2v) is 11.2. The summed E-state index contributed by atoms with van der Waals surface area (Å²) in [5.74, 6) is -1.72. The fraction of sp³-hybridized carbons (Fsp3) is 0.828. The van der Waals surface area contributed by atoms with Crippen molar-refractivity contribution in [1.29, 1.82) is 0 Å². The molecule has 234 valence electrons. The van der Waals surface area contributed by atoms with Crippen LogP contribution in [0.2, 0.25) is 0 Å². The number of unbranched alkanes of at least 4 members (excludes halogenated alkanes) is 8. The lowest BCUT2D eigenvalue weighted by Gasteiger charge is -2.41. The molecule has 2 aliphatic rings. The Morgan fingerprint density at radius 2 is 1.59 bits per heavy atom. The minimum absolute atomic E-state index is 0.0126. The van der Waals surface area contributed by atoms with E-state index in [0.29, 0.717) is 38.8 Å². The number of rotatable bonds is 20. The Morgan fingerprint density at radius 3 is 2.22 bits per heavy atom. The van der Waals surface area contributed by atoms with E-state index in [2.05, 4.69) is 10.6 Å². The molecule has 0 radical (unpaired) electrons. The molecule has 2 fully saturated rings. The van der Waals surface area contributed by atoms with Gasteiger partial charge in [-0.3, -0.25) is 24.0 Å². The minimum atomic E-state index is -1.04. The predicted octanol–water partition coefficient (Wildman–Crippen LogP) is 1.08. The molecule has 0 saturated carbocycles. The van der Waals surface area contributed by atoms with Gasteiger partial charge in [0.2, 0.25) is 23.6 Å². The van der Waals surface area contributed by atoms with Crippen LogP contribution in [0.25, 0.3) is 0 Å². The third-order valence-electron chi connectivity index (χ3n) is 8.06. The van der Waals surface area contributed by atoms with Crippen LogP contribution in [0, 0.1) is 0 Å². The van der Waals surface area contributed by atoms with E-state index in [4.69, 9.17) is 10.8 Å². The number of piperazine rings is 2. The molecule has 0 unspecified atom stereocenters. The van der Waals surface area contributed by atoms with Crippen molar-refractivity contribution in [2.45, 2.75) is 102 Å². The zero-order valence-electron chi connectivity index (χ0n) is 24.9. The molecule has 2 heterocycles. The van der Waals surface area contributed by atoms with Crippen molar-refractivity contribution in [3.63, 3.8) is 0 Å². The summed E-state index contributed by atoms with van der Waals surface area (Å²) in [5.41, 5.74) is 5.62. The van der Waals surface area contributed by atoms with Crippen molar-refractivity contribution in [3.05, 3.63) is 0 Å². The van der Waals surface area contributed by atoms with Crippen molar-refractivity contribution in [2.75, 3.05) is 52.9 Å². The molecule has 0 aromatic heterocycles. The quantitative estimate of drug-likeness (QED) is 0.155. The second-order valence-electron chi connectivity index (χ2n) is 11.2. The molecular formula is C29H52N6O6. The number of nitrogens with two attached hydrogens (primary N) is 1. The second kappa shape index (κ2) is 19.4. The Morgan fingerprint density at radius 1 is 0.951 bits per heavy atom. The van der Waals surface area contributed by atoms with Crippen LogP contribution in [0.5, 0.6) is 0 Å². The van der Waals surface area contributed by atoms with Gasteiger partial charge in [-0.1, -0.05) is 38.5 Å². The molecule has 0 aromatic carbocycles. The van der Waals surface area contributed by atoms with Crippen LogP contribution >= 0.6 is 0 Å². The van der Waals surface area contributed by atoms with Crippen molar-refractivity contribution in [1.82, 2.24) is 25.3 Å². The lowest BCUT2D eigenvalue weighted by molar-refractivity contribution is -0.159. The summed E-state index contributed by atoms with van der Waals surface area (Å²) in [6.07, 6.45) is 10.5. The normalized spacial score (nSPS) is 18.5. The molecule has 0 aliphatic carbocycles. The zero-order chi connectivity index (χ0) is 30.0. The monoisotopic (exact) mass is 580 g/mol. The number of carboxylic acid groups (broad SMARTS) is 1. The molecule has 5 N–H and O–H groups in total. The number of carbonyl (C=O) groups excluding carboxylic acids is 4. The van der Waals surface area contributed by atoms with Gasteiger partial charge in [0.1, 0.15) is 18.6 Å². The number of aliphatic carboxylic acids is 1. The zero-order valence-corrected chi connectivity index (χ0v) is 24.9. The number of nitrogens with one attached hydrogen (secondary N) is 2. The smallest absolute Gasteiger partial charge is 0.303 e. The van der Waals surface area contributed by atoms with E-state index in [1.165, 1.54) is 16.8 Å². The highest BCUT2D eigenvalue weighted by Gasteiger charge is 2.42. The largest absolute Gasteiger partial charge is 0.481 e. The standard InChI is InChI=1S/C29H52N6O6/c1-33-24(14-15-27(38)39)29(41)35(22-26(33)37)23(12-9-10-16-30)28(40)32-17-11-7-5-3-2-4-6-8-13-25(36)34-20-18-31-19-21-34/h23-24,31H,2-22,30H2,1H3,(H,32,40)(H,38,39)/t23-,24-/m0/s1. The Hall–Kier alpha value is -2.73. The van der Waals surface area contributed by atoms with Gasteiger partial charge in [-0.05, 0) is 45.1 Å². The summed E-state index contributed by atoms with van der Waals surface area (Å²) >= 11 is 0. The van der Waals surface area contributed by atoms with Gasteiger partial charge in [-0.2, -0.15) is 0 Å². The first-order valence-electron chi connectivity index (χ1n) is 15.5. The molecule has 2 aliphatic heterocycles. The minimum Gasteiger partial charge on any atom is -0.481 e. The number of likely N-dealkylation sites (N-methyl/N-ethyl adjacent to an activating group) is 1. The fourth-order valence-electron chi connectivity index (χ4n) is 5.48. The van der Waals surface area contributed by atoms with E-state index in [-0.39, 0.29) is 43.0 Å². The summed E-state index contributed by atoms with van der Waals surface area (Å²) < 4.78 is 0. The van der Waals surface area contributed by atoms with Crippen LogP contribution in [-0.4, -0.2) is 114 Å². The molecule has 12 nitrogen and oxygen atoms in total. The van der Waals surface area contributed by atoms with E-state index < -0.39 is 18.1 Å². The van der Waals surface area contributed by atoms with Crippen LogP contribution in [0.15, 0.2) is 0 Å². The number of hydrogen-bond acceptors (Lipinski definition) is 7. The maximum Gasteiger partial charge on any atom is 0.303 e. The Labute approximate surface area is 244 Å². The van der Waals surface area contributed by atoms with Gasteiger partial charge in [0.25, 0.3) is 0 Å². The van der Waals surface area contributed by atoms with Gasteiger partial charge >= 0.3 is 5.97 Å². The number of carbonyl (C=O) groups is 5. The van der Waals surface area contributed by atoms with Gasteiger partial charge < -0.3 is 36.2 Å². The number of hydrogen-bond donors (Lipinski definition) is 4. The lowest BCUT2D eigenvalue weighted by atomic mass is 10.0. The maximum atomic E-state index is 13.2. The summed E-state index contributed by atoms with van der Waals surface area (Å²) in [5, 5.41) is 15.3. The molecule has 0 aromatic rings. The highest BCUT2D eigenvalue weighted by molar-refractivity contribution is 5.98. The van der Waals surface area contributed by atoms with Crippen LogP contribution in [0.3, 0.4) is 0 Å². The Bertz CT molecular complexity index is 850. The maximum absolute atomic E-state index is 13.2. The fourth-order valence-corrected chi connectivity index (χ4v) is 5.48. The van der Waals surface area contributed by atoms with E-state index >= 15 is 0 Å². The first-order chi connectivity index (χ1) is 19.8. The highest BCUT2D eigenvalue weighted by Crippen LogP contribution is 2.21. The number of carboxylic acids is 1. The molecule has 41 heavy (non-hydrogen) atoms.